The van der Waals surface area contributed by atoms with E-state index in [1.54, 1.807) is 7.11 Å². The lowest BCUT2D eigenvalue weighted by atomic mass is 9.72. The number of hydrogen-bond donors (Lipinski definition) is 0. The highest BCUT2D eigenvalue weighted by molar-refractivity contribution is 5.84. The second kappa shape index (κ2) is 7.99. The monoisotopic (exact) mass is 366 g/mol. The van der Waals surface area contributed by atoms with Gasteiger partial charge in [0.25, 0.3) is 0 Å². The highest BCUT2D eigenvalue weighted by atomic mass is 16.5. The molecule has 5 atom stereocenters. The van der Waals surface area contributed by atoms with Crippen molar-refractivity contribution in [2.75, 3.05) is 26.8 Å². The molecule has 0 spiro atoms. The van der Waals surface area contributed by atoms with E-state index in [4.69, 9.17) is 9.47 Å². The number of rotatable bonds is 7. The van der Waals surface area contributed by atoms with Gasteiger partial charge in [0, 0.05) is 24.2 Å². The molecule has 3 aliphatic heterocycles. The minimum absolute atomic E-state index is 0.0289. The lowest BCUT2D eigenvalue weighted by Crippen LogP contribution is -2.55. The van der Waals surface area contributed by atoms with Gasteiger partial charge in [0.15, 0.2) is 0 Å². The minimum atomic E-state index is 0.0289. The maximum Gasteiger partial charge on any atom is 0.119 e. The molecule has 27 heavy (non-hydrogen) atoms. The number of pyridine rings is 1. The fourth-order valence-electron chi connectivity index (χ4n) is 5.06. The number of ether oxygens (including phenoxy) is 2. The molecule has 2 aromatic rings. The Morgan fingerprint density at radius 3 is 2.96 bits per heavy atom. The van der Waals surface area contributed by atoms with Crippen LogP contribution in [0.1, 0.15) is 37.9 Å². The number of benzene rings is 1. The molecule has 3 saturated heterocycles. The topological polar surface area (TPSA) is 34.6 Å². The van der Waals surface area contributed by atoms with Crippen molar-refractivity contribution in [3.8, 4) is 5.75 Å². The van der Waals surface area contributed by atoms with Gasteiger partial charge in [0.05, 0.1) is 25.3 Å². The predicted molar refractivity (Wildman–Crippen MR) is 109 cm³/mol. The van der Waals surface area contributed by atoms with Crippen LogP contribution in [-0.4, -0.2) is 42.7 Å². The van der Waals surface area contributed by atoms with Crippen LogP contribution in [0.25, 0.3) is 10.9 Å². The molecule has 0 aliphatic carbocycles. The fourth-order valence-corrected chi connectivity index (χ4v) is 5.06. The Morgan fingerprint density at radius 2 is 2.26 bits per heavy atom. The van der Waals surface area contributed by atoms with Crippen molar-refractivity contribution in [2.24, 2.45) is 11.8 Å². The number of methoxy groups -OCH3 is 1. The van der Waals surface area contributed by atoms with E-state index < -0.39 is 0 Å². The zero-order chi connectivity index (χ0) is 18.8. The van der Waals surface area contributed by atoms with E-state index in [0.717, 1.165) is 28.5 Å². The first-order valence-corrected chi connectivity index (χ1v) is 10.1. The van der Waals surface area contributed by atoms with Gasteiger partial charge in [-0.1, -0.05) is 19.4 Å². The normalized spacial score (nSPS) is 28.2. The molecule has 1 aromatic heterocycles. The Balaban J connectivity index is 1.73. The second-order valence-electron chi connectivity index (χ2n) is 7.84. The van der Waals surface area contributed by atoms with Crippen LogP contribution in [0.15, 0.2) is 43.1 Å². The molecule has 0 radical (unpaired) electrons. The maximum atomic E-state index is 6.39. The molecule has 144 valence electrons. The Kier molecular flexibility index (Phi) is 5.46. The summed E-state index contributed by atoms with van der Waals surface area (Å²) in [4.78, 5) is 7.21. The first-order valence-electron chi connectivity index (χ1n) is 10.1. The molecule has 1 aromatic carbocycles. The summed E-state index contributed by atoms with van der Waals surface area (Å²) in [6, 6.07) is 8.63. The van der Waals surface area contributed by atoms with Crippen molar-refractivity contribution in [3.63, 3.8) is 0 Å². The van der Waals surface area contributed by atoms with Crippen molar-refractivity contribution in [1.29, 1.82) is 0 Å². The molecule has 4 nitrogen and oxygen atoms in total. The molecule has 3 aliphatic rings. The molecule has 5 rings (SSSR count). The zero-order valence-corrected chi connectivity index (χ0v) is 16.4. The molecule has 0 amide bonds. The largest absolute Gasteiger partial charge is 0.497 e. The first kappa shape index (κ1) is 18.5. The summed E-state index contributed by atoms with van der Waals surface area (Å²) in [6.45, 7) is 9.14. The van der Waals surface area contributed by atoms with Gasteiger partial charge in [-0.15, -0.1) is 6.58 Å². The lowest BCUT2D eigenvalue weighted by molar-refractivity contribution is -0.0772. The van der Waals surface area contributed by atoms with Crippen LogP contribution < -0.4 is 4.74 Å². The van der Waals surface area contributed by atoms with Gasteiger partial charge in [0.1, 0.15) is 5.75 Å². The SMILES string of the molecule is C=CCO[C@@H](c1ccnc2ccc(OC)cc12)[C@H]1C[C@@H]2CCN1C[C@@H]2CC. The quantitative estimate of drug-likeness (QED) is 0.671. The minimum Gasteiger partial charge on any atom is -0.497 e. The maximum absolute atomic E-state index is 6.39. The molecule has 1 unspecified atom stereocenters. The third-order valence-corrected chi connectivity index (χ3v) is 6.49. The molecule has 3 fully saturated rings. The van der Waals surface area contributed by atoms with Gasteiger partial charge in [-0.05, 0) is 61.1 Å². The fraction of sp³-hybridized carbons (Fsp3) is 0.522. The Hall–Kier alpha value is -1.91. The highest BCUT2D eigenvalue weighted by Gasteiger charge is 2.43. The van der Waals surface area contributed by atoms with Gasteiger partial charge >= 0.3 is 0 Å². The standard InChI is InChI=1S/C23H30N2O2/c1-4-12-27-23(22-13-17-9-11-25(22)15-16(17)5-2)19-8-10-24-21-7-6-18(26-3)14-20(19)21/h4,6-8,10,14,16-17,22-23H,1,5,9,11-13,15H2,2-3H3/t16-,17-,22+,23-/m0/s1. The van der Waals surface area contributed by atoms with E-state index in [-0.39, 0.29) is 6.10 Å². The average Bonchev–Trinajstić information content (AvgIpc) is 2.74. The van der Waals surface area contributed by atoms with Crippen molar-refractivity contribution in [3.05, 3.63) is 48.7 Å². The Bertz CT molecular complexity index is 806. The average molecular weight is 367 g/mol. The Labute approximate surface area is 162 Å². The highest BCUT2D eigenvalue weighted by Crippen LogP contribution is 2.44. The van der Waals surface area contributed by atoms with Gasteiger partial charge in [-0.2, -0.15) is 0 Å². The van der Waals surface area contributed by atoms with Gasteiger partial charge in [0.2, 0.25) is 0 Å². The van der Waals surface area contributed by atoms with Crippen molar-refractivity contribution in [1.82, 2.24) is 9.88 Å². The molecule has 0 N–H and O–H groups in total. The van der Waals surface area contributed by atoms with Gasteiger partial charge < -0.3 is 9.47 Å². The number of piperidine rings is 3. The Morgan fingerprint density at radius 1 is 1.37 bits per heavy atom. The van der Waals surface area contributed by atoms with E-state index in [1.165, 1.54) is 37.9 Å². The van der Waals surface area contributed by atoms with Crippen LogP contribution in [0, 0.1) is 11.8 Å². The van der Waals surface area contributed by atoms with Crippen molar-refractivity contribution < 1.29 is 9.47 Å². The molecule has 4 heterocycles. The number of aromatic nitrogens is 1. The predicted octanol–water partition coefficient (Wildman–Crippen LogP) is 4.61. The van der Waals surface area contributed by atoms with Crippen LogP contribution in [0.4, 0.5) is 0 Å². The molecule has 4 heteroatoms. The first-order chi connectivity index (χ1) is 13.2. The van der Waals surface area contributed by atoms with Gasteiger partial charge in [-0.3, -0.25) is 9.88 Å². The van der Waals surface area contributed by atoms with E-state index in [1.807, 2.05) is 24.4 Å². The van der Waals surface area contributed by atoms with E-state index >= 15 is 0 Å². The molecule has 2 bridgehead atoms. The zero-order valence-electron chi connectivity index (χ0n) is 16.4. The summed E-state index contributed by atoms with van der Waals surface area (Å²) in [5.74, 6) is 2.52. The molecule has 0 saturated carbocycles. The number of fused-ring (bicyclic) bond motifs is 4. The number of hydrogen-bond acceptors (Lipinski definition) is 4. The van der Waals surface area contributed by atoms with Crippen LogP contribution in [0.5, 0.6) is 5.75 Å². The van der Waals surface area contributed by atoms with Crippen LogP contribution in [0.3, 0.4) is 0 Å². The summed E-state index contributed by atoms with van der Waals surface area (Å²) in [7, 11) is 1.71. The smallest absolute Gasteiger partial charge is 0.119 e. The molecular formula is C23H30N2O2. The summed E-state index contributed by atoms with van der Waals surface area (Å²) >= 11 is 0. The van der Waals surface area contributed by atoms with Crippen molar-refractivity contribution >= 4 is 10.9 Å². The summed E-state index contributed by atoms with van der Waals surface area (Å²) < 4.78 is 11.9. The van der Waals surface area contributed by atoms with Crippen LogP contribution >= 0.6 is 0 Å². The summed E-state index contributed by atoms with van der Waals surface area (Å²) in [5.41, 5.74) is 2.20. The second-order valence-corrected chi connectivity index (χ2v) is 7.84. The number of nitrogens with zero attached hydrogens (tertiary/aromatic N) is 2. The molecular weight excluding hydrogens is 336 g/mol. The van der Waals surface area contributed by atoms with E-state index in [0.29, 0.717) is 12.6 Å². The third-order valence-electron chi connectivity index (χ3n) is 6.49. The third kappa shape index (κ3) is 3.48. The summed E-state index contributed by atoms with van der Waals surface area (Å²) in [6.07, 6.45) is 7.60. The summed E-state index contributed by atoms with van der Waals surface area (Å²) in [5, 5.41) is 1.13. The van der Waals surface area contributed by atoms with Crippen LogP contribution in [0.2, 0.25) is 0 Å². The van der Waals surface area contributed by atoms with E-state index in [2.05, 4.69) is 35.5 Å². The lowest BCUT2D eigenvalue weighted by Gasteiger charge is -2.52. The van der Waals surface area contributed by atoms with E-state index in [9.17, 15) is 0 Å². The van der Waals surface area contributed by atoms with Gasteiger partial charge in [-0.25, -0.2) is 0 Å². The van der Waals surface area contributed by atoms with Crippen molar-refractivity contribution in [2.45, 2.75) is 38.3 Å². The van der Waals surface area contributed by atoms with Crippen LogP contribution in [-0.2, 0) is 4.74 Å².